The Morgan fingerprint density at radius 3 is 2.68 bits per heavy atom. The van der Waals surface area contributed by atoms with Crippen LogP contribution in [-0.2, 0) is 9.59 Å². The summed E-state index contributed by atoms with van der Waals surface area (Å²) in [5.41, 5.74) is 3.24. The van der Waals surface area contributed by atoms with Gasteiger partial charge in [0.1, 0.15) is 0 Å². The number of anilines is 3. The van der Waals surface area contributed by atoms with Crippen LogP contribution in [0.5, 0.6) is 0 Å². The van der Waals surface area contributed by atoms with Gasteiger partial charge in [-0.3, -0.25) is 9.59 Å². The van der Waals surface area contributed by atoms with Crippen LogP contribution in [0.3, 0.4) is 0 Å². The minimum absolute atomic E-state index is 0.0730. The van der Waals surface area contributed by atoms with Crippen molar-refractivity contribution in [1.29, 1.82) is 0 Å². The van der Waals surface area contributed by atoms with Crippen LogP contribution < -0.4 is 9.80 Å². The van der Waals surface area contributed by atoms with Gasteiger partial charge in [0.05, 0.1) is 23.3 Å². The maximum Gasteiger partial charge on any atom is 0.308 e. The number of aliphatic carboxylic acids is 1. The van der Waals surface area contributed by atoms with E-state index in [0.29, 0.717) is 17.1 Å². The molecule has 2 aromatic rings. The number of amides is 1. The Hall–Kier alpha value is -2.53. The predicted molar refractivity (Wildman–Crippen MR) is 96.5 cm³/mol. The second-order valence-electron chi connectivity index (χ2n) is 6.44. The van der Waals surface area contributed by atoms with E-state index in [1.807, 2.05) is 42.3 Å². The molecule has 0 spiro atoms. The molecular formula is C19H17ClN2O3. The molecule has 0 unspecified atom stereocenters. The van der Waals surface area contributed by atoms with Gasteiger partial charge in [-0.2, -0.15) is 0 Å². The van der Waals surface area contributed by atoms with Crippen molar-refractivity contribution in [2.45, 2.75) is 18.9 Å². The van der Waals surface area contributed by atoms with Gasteiger partial charge in [0, 0.05) is 24.2 Å². The zero-order chi connectivity index (χ0) is 17.7. The number of benzene rings is 2. The lowest BCUT2D eigenvalue weighted by Crippen LogP contribution is -2.45. The SMILES string of the molecule is CN1c2ccccc2[C@@H]2[C@H](C(=O)O)CCC(=O)N2c2cc(Cl)ccc21. The molecule has 5 nitrogen and oxygen atoms in total. The van der Waals surface area contributed by atoms with Gasteiger partial charge in [-0.1, -0.05) is 29.8 Å². The number of rotatable bonds is 1. The number of carbonyl (C=O) groups is 2. The molecular weight excluding hydrogens is 340 g/mol. The fraction of sp³-hybridized carbons (Fsp3) is 0.263. The summed E-state index contributed by atoms with van der Waals surface area (Å²) in [5.74, 6) is -1.61. The first-order chi connectivity index (χ1) is 12.0. The summed E-state index contributed by atoms with van der Waals surface area (Å²) < 4.78 is 0. The van der Waals surface area contributed by atoms with Crippen molar-refractivity contribution in [1.82, 2.24) is 0 Å². The summed E-state index contributed by atoms with van der Waals surface area (Å²) in [6, 6.07) is 12.5. The van der Waals surface area contributed by atoms with E-state index in [1.165, 1.54) is 0 Å². The monoisotopic (exact) mass is 356 g/mol. The lowest BCUT2D eigenvalue weighted by atomic mass is 9.83. The first-order valence-corrected chi connectivity index (χ1v) is 8.54. The average Bonchev–Trinajstić information content (AvgIpc) is 2.70. The highest BCUT2D eigenvalue weighted by Crippen LogP contribution is 2.50. The highest BCUT2D eigenvalue weighted by Gasteiger charge is 2.45. The number of halogens is 1. The van der Waals surface area contributed by atoms with Crippen LogP contribution in [0.25, 0.3) is 0 Å². The van der Waals surface area contributed by atoms with Gasteiger partial charge in [-0.25, -0.2) is 0 Å². The number of hydrogen-bond acceptors (Lipinski definition) is 3. The van der Waals surface area contributed by atoms with Crippen LogP contribution in [0.4, 0.5) is 17.1 Å². The summed E-state index contributed by atoms with van der Waals surface area (Å²) in [6.07, 6.45) is 0.550. The number of fused-ring (bicyclic) bond motifs is 5. The standard InChI is InChI=1S/C19H17ClN2O3/c1-21-14-5-3-2-4-12(14)18-13(19(24)25)7-9-17(23)22(18)16-10-11(20)6-8-15(16)21/h2-6,8,10,13,18H,7,9H2,1H3,(H,24,25)/t13-,18-/m1/s1. The number of carboxylic acid groups (broad SMARTS) is 1. The number of carboxylic acids is 1. The zero-order valence-electron chi connectivity index (χ0n) is 13.6. The molecule has 2 aromatic carbocycles. The van der Waals surface area contributed by atoms with Gasteiger partial charge in [-0.05, 0) is 36.2 Å². The zero-order valence-corrected chi connectivity index (χ0v) is 14.4. The van der Waals surface area contributed by atoms with E-state index in [4.69, 9.17) is 11.6 Å². The molecule has 128 valence electrons. The van der Waals surface area contributed by atoms with Crippen LogP contribution >= 0.6 is 11.6 Å². The maximum atomic E-state index is 12.8. The molecule has 25 heavy (non-hydrogen) atoms. The molecule has 0 bridgehead atoms. The fourth-order valence-electron chi connectivity index (χ4n) is 3.94. The lowest BCUT2D eigenvalue weighted by molar-refractivity contribution is -0.144. The molecule has 2 aliphatic rings. The minimum atomic E-state index is -0.884. The molecule has 0 saturated carbocycles. The van der Waals surface area contributed by atoms with E-state index in [1.54, 1.807) is 17.0 Å². The van der Waals surface area contributed by atoms with Gasteiger partial charge >= 0.3 is 5.97 Å². The summed E-state index contributed by atoms with van der Waals surface area (Å²) in [4.78, 5) is 28.4. The Morgan fingerprint density at radius 1 is 1.16 bits per heavy atom. The Balaban J connectivity index is 2.04. The van der Waals surface area contributed by atoms with Crippen molar-refractivity contribution in [2.75, 3.05) is 16.8 Å². The van der Waals surface area contributed by atoms with Gasteiger partial charge in [0.15, 0.2) is 0 Å². The minimum Gasteiger partial charge on any atom is -0.481 e. The molecule has 2 heterocycles. The summed E-state index contributed by atoms with van der Waals surface area (Å²) in [6.45, 7) is 0. The molecule has 4 rings (SSSR count). The summed E-state index contributed by atoms with van der Waals surface area (Å²) in [7, 11) is 1.92. The van der Waals surface area contributed by atoms with Gasteiger partial charge < -0.3 is 14.9 Å². The quantitative estimate of drug-likeness (QED) is 0.839. The first-order valence-electron chi connectivity index (χ1n) is 8.16. The van der Waals surface area contributed by atoms with E-state index in [2.05, 4.69) is 0 Å². The van der Waals surface area contributed by atoms with Crippen LogP contribution in [-0.4, -0.2) is 24.0 Å². The van der Waals surface area contributed by atoms with E-state index < -0.39 is 17.9 Å². The Kier molecular flexibility index (Phi) is 3.69. The Morgan fingerprint density at radius 2 is 1.92 bits per heavy atom. The van der Waals surface area contributed by atoms with Crippen LogP contribution in [0, 0.1) is 5.92 Å². The third-order valence-electron chi connectivity index (χ3n) is 5.09. The number of para-hydroxylation sites is 1. The molecule has 0 radical (unpaired) electrons. The molecule has 6 heteroatoms. The van der Waals surface area contributed by atoms with E-state index in [-0.39, 0.29) is 12.3 Å². The molecule has 2 atom stereocenters. The molecule has 1 saturated heterocycles. The second-order valence-corrected chi connectivity index (χ2v) is 6.88. The second kappa shape index (κ2) is 5.77. The third-order valence-corrected chi connectivity index (χ3v) is 5.32. The lowest BCUT2D eigenvalue weighted by Gasteiger charge is -2.39. The third kappa shape index (κ3) is 2.38. The normalized spacial score (nSPS) is 21.9. The fourth-order valence-corrected chi connectivity index (χ4v) is 4.10. The largest absolute Gasteiger partial charge is 0.481 e. The number of hydrogen-bond donors (Lipinski definition) is 1. The van der Waals surface area contributed by atoms with Gasteiger partial charge in [0.2, 0.25) is 5.91 Å². The highest BCUT2D eigenvalue weighted by molar-refractivity contribution is 6.31. The van der Waals surface area contributed by atoms with Crippen molar-refractivity contribution in [3.8, 4) is 0 Å². The van der Waals surface area contributed by atoms with Crippen LogP contribution in [0.15, 0.2) is 42.5 Å². The van der Waals surface area contributed by atoms with Crippen molar-refractivity contribution in [3.05, 3.63) is 53.1 Å². The van der Waals surface area contributed by atoms with Gasteiger partial charge in [-0.15, -0.1) is 0 Å². The van der Waals surface area contributed by atoms with Crippen molar-refractivity contribution >= 4 is 40.5 Å². The average molecular weight is 357 g/mol. The number of piperidine rings is 1. The molecule has 1 N–H and O–H groups in total. The summed E-state index contributed by atoms with van der Waals surface area (Å²) >= 11 is 6.19. The molecule has 2 aliphatic heterocycles. The van der Waals surface area contributed by atoms with E-state index in [9.17, 15) is 14.7 Å². The van der Waals surface area contributed by atoms with E-state index in [0.717, 1.165) is 16.9 Å². The van der Waals surface area contributed by atoms with Crippen molar-refractivity contribution in [2.24, 2.45) is 5.92 Å². The molecule has 0 aliphatic carbocycles. The molecule has 1 amide bonds. The van der Waals surface area contributed by atoms with E-state index >= 15 is 0 Å². The first kappa shape index (κ1) is 16.0. The predicted octanol–water partition coefficient (Wildman–Crippen LogP) is 3.99. The number of nitrogens with zero attached hydrogens (tertiary/aromatic N) is 2. The van der Waals surface area contributed by atoms with Crippen LogP contribution in [0.2, 0.25) is 5.02 Å². The smallest absolute Gasteiger partial charge is 0.308 e. The maximum absolute atomic E-state index is 12.8. The van der Waals surface area contributed by atoms with Gasteiger partial charge in [0.25, 0.3) is 0 Å². The van der Waals surface area contributed by atoms with Crippen molar-refractivity contribution in [3.63, 3.8) is 0 Å². The molecule has 0 aromatic heterocycles. The van der Waals surface area contributed by atoms with Crippen molar-refractivity contribution < 1.29 is 14.7 Å². The Labute approximate surface area is 150 Å². The topological polar surface area (TPSA) is 60.9 Å². The summed E-state index contributed by atoms with van der Waals surface area (Å²) in [5, 5.41) is 10.3. The van der Waals surface area contributed by atoms with Crippen LogP contribution in [0.1, 0.15) is 24.4 Å². The molecule has 1 fully saturated rings. The Bertz CT molecular complexity index is 883. The number of carbonyl (C=O) groups excluding carboxylic acids is 1. The highest BCUT2D eigenvalue weighted by atomic mass is 35.5.